The van der Waals surface area contributed by atoms with Crippen LogP contribution in [-0.4, -0.2) is 24.4 Å². The summed E-state index contributed by atoms with van der Waals surface area (Å²) in [5.74, 6) is 5.55. The summed E-state index contributed by atoms with van der Waals surface area (Å²) in [5, 5.41) is 3.71. The maximum Gasteiger partial charge on any atom is 0.349 e. The van der Waals surface area contributed by atoms with Gasteiger partial charge in [-0.1, -0.05) is 12.1 Å². The minimum absolute atomic E-state index is 0.137. The van der Waals surface area contributed by atoms with E-state index in [2.05, 4.69) is 15.1 Å². The van der Waals surface area contributed by atoms with Crippen molar-refractivity contribution in [1.82, 2.24) is 24.4 Å². The summed E-state index contributed by atoms with van der Waals surface area (Å²) in [5.41, 5.74) is -0.155. The Morgan fingerprint density at radius 1 is 1.22 bits per heavy atom. The zero-order valence-electron chi connectivity index (χ0n) is 9.07. The fourth-order valence-corrected chi connectivity index (χ4v) is 1.69. The summed E-state index contributed by atoms with van der Waals surface area (Å²) < 4.78 is 1.82. The molecule has 2 aromatic heterocycles. The largest absolute Gasteiger partial charge is 0.349 e. The van der Waals surface area contributed by atoms with E-state index >= 15 is 0 Å². The highest BCUT2D eigenvalue weighted by Crippen LogP contribution is 2.08. The number of H-pyrrole nitrogens is 1. The summed E-state index contributed by atoms with van der Waals surface area (Å²) in [6, 6.07) is 6.87. The minimum atomic E-state index is -0.595. The van der Waals surface area contributed by atoms with Crippen LogP contribution in [0.2, 0.25) is 0 Å². The number of aromatic amines is 1. The van der Waals surface area contributed by atoms with Crippen LogP contribution in [0.4, 0.5) is 0 Å². The van der Waals surface area contributed by atoms with Gasteiger partial charge in [0.15, 0.2) is 0 Å². The van der Waals surface area contributed by atoms with E-state index in [4.69, 9.17) is 5.84 Å². The van der Waals surface area contributed by atoms with Gasteiger partial charge in [0.05, 0.1) is 11.0 Å². The molecule has 0 unspecified atom stereocenters. The number of para-hydroxylation sites is 2. The monoisotopic (exact) mass is 244 g/mol. The van der Waals surface area contributed by atoms with Gasteiger partial charge in [0.1, 0.15) is 6.33 Å². The fraction of sp³-hybridized carbons (Fsp3) is 0. The number of nitrogens with one attached hydrogen (secondary N) is 1. The van der Waals surface area contributed by atoms with Crippen molar-refractivity contribution in [1.29, 1.82) is 0 Å². The van der Waals surface area contributed by atoms with Crippen molar-refractivity contribution in [3.63, 3.8) is 0 Å². The summed E-state index contributed by atoms with van der Waals surface area (Å²) in [7, 11) is 0. The first-order valence-electron chi connectivity index (χ1n) is 5.08. The third kappa shape index (κ3) is 1.32. The molecule has 8 heteroatoms. The molecule has 3 rings (SSSR count). The number of nitrogens with zero attached hydrogens (tertiary/aromatic N) is 4. The molecule has 8 nitrogen and oxygen atoms in total. The molecule has 0 amide bonds. The van der Waals surface area contributed by atoms with Gasteiger partial charge in [0.2, 0.25) is 5.82 Å². The zero-order chi connectivity index (χ0) is 12.7. The highest BCUT2D eigenvalue weighted by molar-refractivity contribution is 5.75. The molecule has 1 aromatic carbocycles. The molecular formula is C10H8N6O2. The molecule has 0 aliphatic heterocycles. The predicted octanol–water partition coefficient (Wildman–Crippen LogP) is -1.02. The normalized spacial score (nSPS) is 10.9. The van der Waals surface area contributed by atoms with Crippen LogP contribution in [0.15, 0.2) is 40.2 Å². The number of rotatable bonds is 1. The van der Waals surface area contributed by atoms with Gasteiger partial charge in [-0.05, 0) is 12.1 Å². The van der Waals surface area contributed by atoms with E-state index in [0.717, 1.165) is 9.36 Å². The molecule has 0 atom stereocenters. The quantitative estimate of drug-likeness (QED) is 0.532. The van der Waals surface area contributed by atoms with Gasteiger partial charge in [-0.25, -0.2) is 14.5 Å². The Morgan fingerprint density at radius 2 is 2.00 bits per heavy atom. The summed E-state index contributed by atoms with van der Waals surface area (Å²) >= 11 is 0. The first-order chi connectivity index (χ1) is 8.68. The van der Waals surface area contributed by atoms with Gasteiger partial charge in [-0.2, -0.15) is 9.78 Å². The number of hydrogen-bond acceptors (Lipinski definition) is 5. The van der Waals surface area contributed by atoms with E-state index in [1.54, 1.807) is 24.3 Å². The summed E-state index contributed by atoms with van der Waals surface area (Å²) in [6.45, 7) is 0. The molecule has 0 spiro atoms. The first kappa shape index (κ1) is 10.3. The van der Waals surface area contributed by atoms with Crippen LogP contribution in [0, 0.1) is 0 Å². The van der Waals surface area contributed by atoms with Crippen LogP contribution in [0.1, 0.15) is 0 Å². The molecule has 0 aliphatic rings. The second-order valence-electron chi connectivity index (χ2n) is 3.61. The van der Waals surface area contributed by atoms with Crippen molar-refractivity contribution in [2.24, 2.45) is 0 Å². The van der Waals surface area contributed by atoms with Gasteiger partial charge in [0, 0.05) is 0 Å². The van der Waals surface area contributed by atoms with Crippen LogP contribution in [-0.2, 0) is 0 Å². The third-order valence-corrected chi connectivity index (χ3v) is 2.53. The highest BCUT2D eigenvalue weighted by atomic mass is 16.2. The van der Waals surface area contributed by atoms with E-state index in [0.29, 0.717) is 11.0 Å². The van der Waals surface area contributed by atoms with E-state index < -0.39 is 11.2 Å². The smallest absolute Gasteiger partial charge is 0.336 e. The van der Waals surface area contributed by atoms with Crippen LogP contribution >= 0.6 is 0 Å². The lowest BCUT2D eigenvalue weighted by Gasteiger charge is -2.06. The van der Waals surface area contributed by atoms with Crippen LogP contribution < -0.4 is 17.1 Å². The predicted molar refractivity (Wildman–Crippen MR) is 63.9 cm³/mol. The molecule has 0 radical (unpaired) electrons. The van der Waals surface area contributed by atoms with Crippen molar-refractivity contribution in [2.75, 3.05) is 5.84 Å². The Labute approximate surface area is 99.3 Å². The lowest BCUT2D eigenvalue weighted by molar-refractivity contribution is 0.783. The highest BCUT2D eigenvalue weighted by Gasteiger charge is 2.13. The van der Waals surface area contributed by atoms with Gasteiger partial charge >= 0.3 is 11.2 Å². The van der Waals surface area contributed by atoms with Crippen LogP contribution in [0.3, 0.4) is 0 Å². The lowest BCUT2D eigenvalue weighted by Crippen LogP contribution is -2.34. The number of hydrogen-bond donors (Lipinski definition) is 2. The van der Waals surface area contributed by atoms with Crippen molar-refractivity contribution in [2.45, 2.75) is 0 Å². The van der Waals surface area contributed by atoms with Crippen molar-refractivity contribution in [3.8, 4) is 5.82 Å². The molecule has 18 heavy (non-hydrogen) atoms. The first-order valence-corrected chi connectivity index (χ1v) is 5.08. The zero-order valence-corrected chi connectivity index (χ0v) is 9.07. The number of nitrogens with two attached hydrogens (primary N) is 1. The molecule has 0 saturated carbocycles. The molecular weight excluding hydrogens is 236 g/mol. The Bertz CT molecular complexity index is 843. The van der Waals surface area contributed by atoms with Crippen LogP contribution in [0.25, 0.3) is 16.9 Å². The average molecular weight is 244 g/mol. The van der Waals surface area contributed by atoms with Crippen LogP contribution in [0.5, 0.6) is 0 Å². The van der Waals surface area contributed by atoms with Gasteiger partial charge in [-0.3, -0.25) is 9.78 Å². The SMILES string of the molecule is Nn1c(=O)c(-n2nc[nH]c2=O)nc2ccccc21. The standard InChI is InChI=1S/C10H8N6O2/c11-15-7-4-2-1-3-6(7)14-8(9(15)17)16-10(18)12-5-13-16/h1-5H,11H2,(H,12,13,18). The van der Waals surface area contributed by atoms with Gasteiger partial charge in [-0.15, -0.1) is 0 Å². The second kappa shape index (κ2) is 3.55. The molecule has 3 aromatic rings. The number of aromatic nitrogens is 5. The number of nitrogen functional groups attached to an aromatic ring is 1. The number of benzene rings is 1. The van der Waals surface area contributed by atoms with Gasteiger partial charge < -0.3 is 5.84 Å². The minimum Gasteiger partial charge on any atom is -0.336 e. The maximum atomic E-state index is 12.0. The fourth-order valence-electron chi connectivity index (χ4n) is 1.69. The van der Waals surface area contributed by atoms with Crippen molar-refractivity contribution < 1.29 is 0 Å². The Kier molecular flexibility index (Phi) is 2.03. The molecule has 0 aliphatic carbocycles. The van der Waals surface area contributed by atoms with E-state index in [1.807, 2.05) is 0 Å². The summed E-state index contributed by atoms with van der Waals surface area (Å²) in [6.07, 6.45) is 1.18. The van der Waals surface area contributed by atoms with Gasteiger partial charge in [0.25, 0.3) is 0 Å². The third-order valence-electron chi connectivity index (χ3n) is 2.53. The van der Waals surface area contributed by atoms with Crippen molar-refractivity contribution in [3.05, 3.63) is 51.4 Å². The van der Waals surface area contributed by atoms with E-state index in [9.17, 15) is 9.59 Å². The van der Waals surface area contributed by atoms with E-state index in [1.165, 1.54) is 6.33 Å². The second-order valence-corrected chi connectivity index (χ2v) is 3.61. The molecule has 0 saturated heterocycles. The Morgan fingerprint density at radius 3 is 2.72 bits per heavy atom. The molecule has 90 valence electrons. The molecule has 2 heterocycles. The maximum absolute atomic E-state index is 12.0. The molecule has 0 bridgehead atoms. The van der Waals surface area contributed by atoms with Crippen molar-refractivity contribution >= 4 is 11.0 Å². The lowest BCUT2D eigenvalue weighted by atomic mass is 10.3. The number of fused-ring (bicyclic) bond motifs is 1. The average Bonchev–Trinajstić information content (AvgIpc) is 2.80. The summed E-state index contributed by atoms with van der Waals surface area (Å²) in [4.78, 5) is 29.9. The Hall–Kier alpha value is -2.90. The van der Waals surface area contributed by atoms with E-state index in [-0.39, 0.29) is 5.82 Å². The molecule has 3 N–H and O–H groups in total. The molecule has 0 fully saturated rings. The topological polar surface area (TPSA) is 112 Å². The Balaban J connectivity index is 2.45.